The van der Waals surface area contributed by atoms with Crippen LogP contribution < -0.4 is 10.4 Å². The number of carbonyl (C=O) groups excluding carboxylic acids is 1. The second-order valence-electron chi connectivity index (χ2n) is 6.39. The smallest absolute Gasteiger partial charge is 0.274 e. The molecule has 1 amide bonds. The van der Waals surface area contributed by atoms with Gasteiger partial charge in [0, 0.05) is 10.6 Å². The number of rotatable bonds is 3. The second-order valence-corrected chi connectivity index (χ2v) is 6.83. The molecule has 3 aromatic rings. The summed E-state index contributed by atoms with van der Waals surface area (Å²) < 4.78 is 0. The number of halogens is 1. The van der Waals surface area contributed by atoms with Gasteiger partial charge in [-0.25, -0.2) is 10.0 Å². The third kappa shape index (κ3) is 3.55. The predicted octanol–water partition coefficient (Wildman–Crippen LogP) is 5.07. The molecule has 4 nitrogen and oxygen atoms in total. The Morgan fingerprint density at radius 2 is 1.50 bits per heavy atom. The highest BCUT2D eigenvalue weighted by Crippen LogP contribution is 2.27. The minimum atomic E-state index is -0.210. The number of anilines is 1. The van der Waals surface area contributed by atoms with Crippen LogP contribution in [0.3, 0.4) is 0 Å². The first-order valence-electron chi connectivity index (χ1n) is 8.90. The van der Waals surface area contributed by atoms with Crippen LogP contribution >= 0.6 is 11.6 Å². The number of aliphatic imine (C=N–C) groups is 1. The lowest BCUT2D eigenvalue weighted by Gasteiger charge is -2.30. The van der Waals surface area contributed by atoms with E-state index in [1.807, 2.05) is 91.9 Å². The summed E-state index contributed by atoms with van der Waals surface area (Å²) in [6.07, 6.45) is 0. The molecule has 1 heterocycles. The summed E-state index contributed by atoms with van der Waals surface area (Å²) in [6.45, 7) is 1.90. The Morgan fingerprint density at radius 1 is 0.893 bits per heavy atom. The van der Waals surface area contributed by atoms with Crippen molar-refractivity contribution in [3.63, 3.8) is 0 Å². The van der Waals surface area contributed by atoms with Gasteiger partial charge in [-0.2, -0.15) is 0 Å². The van der Waals surface area contributed by atoms with Crippen LogP contribution in [0.5, 0.6) is 0 Å². The number of para-hydroxylation sites is 1. The molecule has 4 rings (SSSR count). The zero-order chi connectivity index (χ0) is 19.5. The molecule has 1 aliphatic heterocycles. The van der Waals surface area contributed by atoms with E-state index in [0.717, 1.165) is 22.4 Å². The van der Waals surface area contributed by atoms with E-state index in [4.69, 9.17) is 11.6 Å². The van der Waals surface area contributed by atoms with Crippen LogP contribution in [0.1, 0.15) is 18.1 Å². The van der Waals surface area contributed by atoms with Gasteiger partial charge in [0.05, 0.1) is 5.69 Å². The number of nitrogens with one attached hydrogen (secondary N) is 1. The topological polar surface area (TPSA) is 44.7 Å². The number of amidine groups is 1. The van der Waals surface area contributed by atoms with Crippen molar-refractivity contribution in [3.8, 4) is 0 Å². The number of nitrogens with zero attached hydrogens (tertiary/aromatic N) is 2. The minimum Gasteiger partial charge on any atom is -0.274 e. The second kappa shape index (κ2) is 7.71. The lowest BCUT2D eigenvalue weighted by molar-refractivity contribution is -0.115. The molecule has 0 atom stereocenters. The molecule has 0 aliphatic carbocycles. The van der Waals surface area contributed by atoms with Gasteiger partial charge in [-0.1, -0.05) is 72.3 Å². The van der Waals surface area contributed by atoms with E-state index in [1.165, 1.54) is 5.01 Å². The molecule has 0 bridgehead atoms. The largest absolute Gasteiger partial charge is 0.295 e. The minimum absolute atomic E-state index is 0.210. The Kier molecular flexibility index (Phi) is 4.96. The molecule has 0 radical (unpaired) electrons. The molecule has 0 aromatic heterocycles. The van der Waals surface area contributed by atoms with Crippen molar-refractivity contribution >= 4 is 34.6 Å². The summed E-state index contributed by atoms with van der Waals surface area (Å²) in [7, 11) is 0. The van der Waals surface area contributed by atoms with Crippen molar-refractivity contribution < 1.29 is 4.79 Å². The summed E-state index contributed by atoms with van der Waals surface area (Å²) in [6, 6.07) is 26.6. The SMILES string of the molecule is C/C(=C1\N=C(c2ccccc2)NN(c2ccccc2)C1=O)c1ccc(Cl)cc1. The van der Waals surface area contributed by atoms with Crippen LogP contribution in [0.25, 0.3) is 5.57 Å². The summed E-state index contributed by atoms with van der Waals surface area (Å²) in [4.78, 5) is 17.9. The van der Waals surface area contributed by atoms with Crippen LogP contribution in [0, 0.1) is 0 Å². The molecule has 1 aliphatic rings. The summed E-state index contributed by atoms with van der Waals surface area (Å²) in [5, 5.41) is 2.18. The van der Waals surface area contributed by atoms with Gasteiger partial charge in [0.25, 0.3) is 5.91 Å². The molecule has 0 saturated heterocycles. The number of benzene rings is 3. The third-order valence-electron chi connectivity index (χ3n) is 4.54. The van der Waals surface area contributed by atoms with Gasteiger partial charge in [-0.15, -0.1) is 0 Å². The molecule has 0 spiro atoms. The zero-order valence-corrected chi connectivity index (χ0v) is 16.0. The molecule has 0 fully saturated rings. The Balaban J connectivity index is 1.86. The average molecular weight is 388 g/mol. The molecular formula is C23H18ClN3O. The first-order chi connectivity index (χ1) is 13.6. The van der Waals surface area contributed by atoms with E-state index in [2.05, 4.69) is 10.4 Å². The average Bonchev–Trinajstić information content (AvgIpc) is 2.75. The van der Waals surface area contributed by atoms with E-state index in [1.54, 1.807) is 0 Å². The van der Waals surface area contributed by atoms with Gasteiger partial charge in [-0.3, -0.25) is 10.2 Å². The van der Waals surface area contributed by atoms with Gasteiger partial charge >= 0.3 is 0 Å². The zero-order valence-electron chi connectivity index (χ0n) is 15.3. The third-order valence-corrected chi connectivity index (χ3v) is 4.79. The molecule has 0 saturated carbocycles. The van der Waals surface area contributed by atoms with E-state index in [9.17, 15) is 4.79 Å². The van der Waals surface area contributed by atoms with Gasteiger partial charge < -0.3 is 0 Å². The molecule has 3 aromatic carbocycles. The Labute approximate surface area is 168 Å². The Bertz CT molecular complexity index is 1060. The maximum atomic E-state index is 13.3. The number of hydrogen-bond acceptors (Lipinski definition) is 3. The van der Waals surface area contributed by atoms with E-state index in [-0.39, 0.29) is 5.91 Å². The fourth-order valence-electron chi connectivity index (χ4n) is 3.01. The van der Waals surface area contributed by atoms with Crippen LogP contribution in [-0.4, -0.2) is 11.7 Å². The molecule has 5 heteroatoms. The van der Waals surface area contributed by atoms with Crippen LogP contribution in [-0.2, 0) is 4.79 Å². The first-order valence-corrected chi connectivity index (χ1v) is 9.28. The van der Waals surface area contributed by atoms with Crippen molar-refractivity contribution in [2.45, 2.75) is 6.92 Å². The highest BCUT2D eigenvalue weighted by molar-refractivity contribution is 6.30. The first kappa shape index (κ1) is 18.0. The molecular weight excluding hydrogens is 370 g/mol. The standard InChI is InChI=1S/C23H18ClN3O/c1-16(17-12-14-19(24)15-13-17)21-23(28)27(20-10-6-3-7-11-20)26-22(25-21)18-8-4-2-5-9-18/h2-15H,1H3,(H,25,26)/b21-16+. The number of carbonyl (C=O) groups is 1. The van der Waals surface area contributed by atoms with Crippen molar-refractivity contribution in [3.05, 3.63) is 107 Å². The number of hydrazine groups is 1. The maximum absolute atomic E-state index is 13.3. The Morgan fingerprint density at radius 3 is 2.14 bits per heavy atom. The van der Waals surface area contributed by atoms with Crippen molar-refractivity contribution in [2.75, 3.05) is 5.01 Å². The number of hydrogen-bond donors (Lipinski definition) is 1. The lowest BCUT2D eigenvalue weighted by Crippen LogP contribution is -2.50. The highest BCUT2D eigenvalue weighted by atomic mass is 35.5. The van der Waals surface area contributed by atoms with Crippen LogP contribution in [0.15, 0.2) is 95.6 Å². The monoisotopic (exact) mass is 387 g/mol. The van der Waals surface area contributed by atoms with Crippen molar-refractivity contribution in [2.24, 2.45) is 4.99 Å². The maximum Gasteiger partial charge on any atom is 0.295 e. The summed E-state index contributed by atoms with van der Waals surface area (Å²) >= 11 is 6.01. The normalized spacial score (nSPS) is 15.7. The number of allylic oxidation sites excluding steroid dienone is 1. The van der Waals surface area contributed by atoms with Crippen LogP contribution in [0.4, 0.5) is 5.69 Å². The molecule has 138 valence electrons. The quantitative estimate of drug-likeness (QED) is 0.638. The van der Waals surface area contributed by atoms with Gasteiger partial charge in [0.2, 0.25) is 0 Å². The molecule has 0 unspecified atom stereocenters. The van der Waals surface area contributed by atoms with E-state index >= 15 is 0 Å². The summed E-state index contributed by atoms with van der Waals surface area (Å²) in [5.41, 5.74) is 6.89. The van der Waals surface area contributed by atoms with E-state index in [0.29, 0.717) is 16.6 Å². The molecule has 1 N–H and O–H groups in total. The van der Waals surface area contributed by atoms with Gasteiger partial charge in [0.1, 0.15) is 5.70 Å². The fraction of sp³-hybridized carbons (Fsp3) is 0.0435. The summed E-state index contributed by atoms with van der Waals surface area (Å²) in [5.74, 6) is 0.408. The van der Waals surface area contributed by atoms with Crippen molar-refractivity contribution in [1.82, 2.24) is 5.43 Å². The van der Waals surface area contributed by atoms with Gasteiger partial charge in [-0.05, 0) is 42.3 Å². The number of amides is 1. The molecule has 28 heavy (non-hydrogen) atoms. The van der Waals surface area contributed by atoms with Gasteiger partial charge in [0.15, 0.2) is 5.84 Å². The fourth-order valence-corrected chi connectivity index (χ4v) is 3.14. The Hall–Kier alpha value is -3.37. The van der Waals surface area contributed by atoms with E-state index < -0.39 is 0 Å². The van der Waals surface area contributed by atoms with Crippen LogP contribution in [0.2, 0.25) is 5.02 Å². The highest BCUT2D eigenvalue weighted by Gasteiger charge is 2.28. The predicted molar refractivity (Wildman–Crippen MR) is 114 cm³/mol. The van der Waals surface area contributed by atoms with Crippen molar-refractivity contribution in [1.29, 1.82) is 0 Å². The lowest BCUT2D eigenvalue weighted by atomic mass is 10.0.